The van der Waals surface area contributed by atoms with Gasteiger partial charge in [-0.1, -0.05) is 0 Å². The number of fused-ring (bicyclic) bond motifs is 1. The van der Waals surface area contributed by atoms with Crippen molar-refractivity contribution in [2.75, 3.05) is 0 Å². The Morgan fingerprint density at radius 1 is 1.11 bits per heavy atom. The van der Waals surface area contributed by atoms with Gasteiger partial charge in [0, 0.05) is 17.2 Å². The largest absolute Gasteiger partial charge is 0.457 e. The molecule has 2 radical (unpaired) electrons. The lowest BCUT2D eigenvalue weighted by Gasteiger charge is -2.30. The van der Waals surface area contributed by atoms with Crippen LogP contribution in [0, 0.1) is 17.1 Å². The average molecular weight is 401 g/mol. The first-order chi connectivity index (χ1) is 12.8. The number of ether oxygens (including phenoxy) is 1. The number of aliphatic hydroxyl groups is 1. The average Bonchev–Trinajstić information content (AvgIpc) is 2.69. The standard InChI is InChI=1S/C17H7BF7NO2/c18-15(27)13-10(16(22,23)17(15,24)25)1-2-11(12(13)14(20)21)28-9-4-7(6-26)3-8(19)5-9/h1-5,14,27H/t15-/m0/s1. The van der Waals surface area contributed by atoms with Gasteiger partial charge in [0.25, 0.3) is 6.43 Å². The van der Waals surface area contributed by atoms with Gasteiger partial charge in [0.2, 0.25) is 0 Å². The molecule has 1 aliphatic rings. The van der Waals surface area contributed by atoms with Crippen LogP contribution in [0.25, 0.3) is 0 Å². The van der Waals surface area contributed by atoms with E-state index in [1.54, 1.807) is 6.07 Å². The highest BCUT2D eigenvalue weighted by atomic mass is 19.3. The molecule has 1 aliphatic carbocycles. The molecule has 0 bridgehead atoms. The van der Waals surface area contributed by atoms with Crippen molar-refractivity contribution in [3.8, 4) is 17.6 Å². The van der Waals surface area contributed by atoms with Gasteiger partial charge in [0.05, 0.1) is 17.2 Å². The van der Waals surface area contributed by atoms with Gasteiger partial charge >= 0.3 is 11.8 Å². The molecular weight excluding hydrogens is 394 g/mol. The van der Waals surface area contributed by atoms with E-state index in [9.17, 15) is 35.8 Å². The first-order valence-electron chi connectivity index (χ1n) is 7.46. The van der Waals surface area contributed by atoms with Crippen LogP contribution in [0.4, 0.5) is 30.7 Å². The normalized spacial score (nSPS) is 22.0. The summed E-state index contributed by atoms with van der Waals surface area (Å²) in [7, 11) is 4.95. The van der Waals surface area contributed by atoms with Crippen LogP contribution in [-0.2, 0) is 11.4 Å². The van der Waals surface area contributed by atoms with Gasteiger partial charge in [-0.3, -0.25) is 0 Å². The number of rotatable bonds is 3. The first-order valence-corrected chi connectivity index (χ1v) is 7.46. The molecule has 0 unspecified atom stereocenters. The second-order valence-corrected chi connectivity index (χ2v) is 6.01. The van der Waals surface area contributed by atoms with Gasteiger partial charge in [-0.2, -0.15) is 22.8 Å². The highest BCUT2D eigenvalue weighted by Crippen LogP contribution is 2.61. The van der Waals surface area contributed by atoms with Gasteiger partial charge in [-0.25, -0.2) is 13.2 Å². The Morgan fingerprint density at radius 3 is 2.32 bits per heavy atom. The number of nitrogens with zero attached hydrogens (tertiary/aromatic N) is 1. The molecule has 0 fully saturated rings. The van der Waals surface area contributed by atoms with Gasteiger partial charge in [0.15, 0.2) is 0 Å². The maximum absolute atomic E-state index is 14.0. The SMILES string of the molecule is [B][C@]1(O)c2c(ccc(Oc3cc(F)cc(C#N)c3)c2C(F)F)C(F)(F)C1(F)F. The lowest BCUT2D eigenvalue weighted by Crippen LogP contribution is -2.49. The molecule has 3 nitrogen and oxygen atoms in total. The van der Waals surface area contributed by atoms with E-state index in [0.29, 0.717) is 18.2 Å². The van der Waals surface area contributed by atoms with Gasteiger partial charge in [0.1, 0.15) is 30.7 Å². The maximum Gasteiger partial charge on any atom is 0.338 e. The molecule has 1 atom stereocenters. The van der Waals surface area contributed by atoms with Gasteiger partial charge < -0.3 is 9.84 Å². The monoisotopic (exact) mass is 401 g/mol. The molecule has 2 aromatic rings. The topological polar surface area (TPSA) is 53.2 Å². The molecule has 3 rings (SSSR count). The van der Waals surface area contributed by atoms with E-state index in [0.717, 1.165) is 12.1 Å². The molecule has 28 heavy (non-hydrogen) atoms. The van der Waals surface area contributed by atoms with Crippen molar-refractivity contribution >= 4 is 7.85 Å². The summed E-state index contributed by atoms with van der Waals surface area (Å²) < 4.78 is 102. The van der Waals surface area contributed by atoms with Crippen LogP contribution < -0.4 is 4.74 Å². The summed E-state index contributed by atoms with van der Waals surface area (Å²) in [5.74, 6) is -12.7. The summed E-state index contributed by atoms with van der Waals surface area (Å²) in [5.41, 5.74) is -9.02. The van der Waals surface area contributed by atoms with E-state index in [4.69, 9.17) is 17.8 Å². The van der Waals surface area contributed by atoms with Crippen LogP contribution in [0.2, 0.25) is 0 Å². The quantitative estimate of drug-likeness (QED) is 0.610. The zero-order valence-electron chi connectivity index (χ0n) is 13.5. The minimum Gasteiger partial charge on any atom is -0.457 e. The summed E-state index contributed by atoms with van der Waals surface area (Å²) in [4.78, 5) is 0. The van der Waals surface area contributed by atoms with Crippen molar-refractivity contribution in [1.29, 1.82) is 5.26 Å². The zero-order valence-corrected chi connectivity index (χ0v) is 13.5. The van der Waals surface area contributed by atoms with E-state index >= 15 is 0 Å². The molecule has 11 heteroatoms. The predicted octanol–water partition coefficient (Wildman–Crippen LogP) is 4.48. The number of hydrogen-bond acceptors (Lipinski definition) is 3. The fourth-order valence-electron chi connectivity index (χ4n) is 2.96. The van der Waals surface area contributed by atoms with Gasteiger partial charge in [-0.05, 0) is 24.3 Å². The Labute approximate surface area is 154 Å². The van der Waals surface area contributed by atoms with Crippen LogP contribution in [0.5, 0.6) is 11.5 Å². The van der Waals surface area contributed by atoms with Crippen molar-refractivity contribution < 1.29 is 40.6 Å². The predicted molar refractivity (Wildman–Crippen MR) is 81.1 cm³/mol. The number of nitriles is 1. The van der Waals surface area contributed by atoms with Gasteiger partial charge in [-0.15, -0.1) is 0 Å². The summed E-state index contributed by atoms with van der Waals surface area (Å²) in [5, 5.41) is 18.6. The van der Waals surface area contributed by atoms with Crippen molar-refractivity contribution in [2.45, 2.75) is 23.8 Å². The molecule has 0 aliphatic heterocycles. The Balaban J connectivity index is 2.23. The van der Waals surface area contributed by atoms with E-state index in [1.165, 1.54) is 0 Å². The van der Waals surface area contributed by atoms with Crippen molar-refractivity contribution in [3.63, 3.8) is 0 Å². The minimum absolute atomic E-state index is 0.247. The van der Waals surface area contributed by atoms with Crippen LogP contribution in [0.15, 0.2) is 30.3 Å². The van der Waals surface area contributed by atoms with Crippen molar-refractivity contribution in [3.05, 3.63) is 58.4 Å². The molecule has 0 heterocycles. The molecule has 144 valence electrons. The zero-order chi connectivity index (χ0) is 21.1. The van der Waals surface area contributed by atoms with E-state index in [-0.39, 0.29) is 5.56 Å². The summed E-state index contributed by atoms with van der Waals surface area (Å²) in [6.07, 6.45) is -3.66. The maximum atomic E-state index is 14.0. The third-order valence-electron chi connectivity index (χ3n) is 4.24. The Bertz CT molecular complexity index is 1000. The van der Waals surface area contributed by atoms with Crippen molar-refractivity contribution in [2.24, 2.45) is 0 Å². The van der Waals surface area contributed by atoms with Crippen LogP contribution in [-0.4, -0.2) is 18.9 Å². The van der Waals surface area contributed by atoms with Crippen LogP contribution >= 0.6 is 0 Å². The first kappa shape index (κ1) is 20.0. The van der Waals surface area contributed by atoms with Crippen LogP contribution in [0.1, 0.15) is 28.7 Å². The number of benzene rings is 2. The summed E-state index contributed by atoms with van der Waals surface area (Å²) >= 11 is 0. The second kappa shape index (κ2) is 6.14. The molecule has 0 saturated carbocycles. The Morgan fingerprint density at radius 2 is 1.75 bits per heavy atom. The van der Waals surface area contributed by atoms with Crippen molar-refractivity contribution in [1.82, 2.24) is 0 Å². The lowest BCUT2D eigenvalue weighted by molar-refractivity contribution is -0.260. The smallest absolute Gasteiger partial charge is 0.338 e. The molecular formula is C17H7BF7NO2. The molecule has 0 aromatic heterocycles. The number of halogens is 7. The van der Waals surface area contributed by atoms with E-state index < -0.39 is 57.8 Å². The van der Waals surface area contributed by atoms with E-state index in [1.807, 2.05) is 0 Å². The lowest BCUT2D eigenvalue weighted by atomic mass is 9.73. The van der Waals surface area contributed by atoms with E-state index in [2.05, 4.69) is 0 Å². The fraction of sp³-hybridized carbons (Fsp3) is 0.235. The second-order valence-electron chi connectivity index (χ2n) is 6.01. The third-order valence-corrected chi connectivity index (χ3v) is 4.24. The Kier molecular flexibility index (Phi) is 4.39. The molecule has 0 spiro atoms. The highest BCUT2D eigenvalue weighted by Gasteiger charge is 2.74. The third kappa shape index (κ3) is 2.63. The molecule has 1 N–H and O–H groups in total. The minimum atomic E-state index is -5.28. The summed E-state index contributed by atoms with van der Waals surface area (Å²) in [6.45, 7) is 0. The number of hydrogen-bond donors (Lipinski definition) is 1. The molecule has 2 aromatic carbocycles. The molecule has 0 amide bonds. The van der Waals surface area contributed by atoms with Crippen LogP contribution in [0.3, 0.4) is 0 Å². The highest BCUT2D eigenvalue weighted by molar-refractivity contribution is 6.16. The number of alkyl halides is 6. The summed E-state index contributed by atoms with van der Waals surface area (Å²) in [6, 6.07) is 4.94. The fourth-order valence-corrected chi connectivity index (χ4v) is 2.96. The molecule has 0 saturated heterocycles. The Hall–Kier alpha value is -2.74.